The molecule has 3 rings (SSSR count). The number of carbonyl (C=O) groups is 1. The predicted octanol–water partition coefficient (Wildman–Crippen LogP) is 1.93. The average Bonchev–Trinajstić information content (AvgIpc) is 3.20. The van der Waals surface area contributed by atoms with E-state index in [9.17, 15) is 13.2 Å². The molecule has 0 bridgehead atoms. The number of anilines is 1. The molecule has 0 spiro atoms. The number of rotatable bonds is 4. The SMILES string of the molecule is O=C(Nc1ccncc1)[C@@H]1CCCN1S(=O)(=O)c1cccs1. The van der Waals surface area contributed by atoms with Gasteiger partial charge in [0, 0.05) is 24.6 Å². The summed E-state index contributed by atoms with van der Waals surface area (Å²) < 4.78 is 26.8. The van der Waals surface area contributed by atoms with Gasteiger partial charge in [-0.15, -0.1) is 11.3 Å². The van der Waals surface area contributed by atoms with Crippen molar-refractivity contribution in [3.8, 4) is 0 Å². The second-order valence-electron chi connectivity index (χ2n) is 4.93. The van der Waals surface area contributed by atoms with Gasteiger partial charge in [0.2, 0.25) is 5.91 Å². The highest BCUT2D eigenvalue weighted by molar-refractivity contribution is 7.91. The van der Waals surface area contributed by atoms with Gasteiger partial charge in [0.1, 0.15) is 10.3 Å². The topological polar surface area (TPSA) is 79.4 Å². The van der Waals surface area contributed by atoms with Gasteiger partial charge in [0.15, 0.2) is 0 Å². The van der Waals surface area contributed by atoms with Gasteiger partial charge in [-0.2, -0.15) is 4.31 Å². The van der Waals surface area contributed by atoms with Crippen LogP contribution in [0.5, 0.6) is 0 Å². The molecule has 1 fully saturated rings. The Hall–Kier alpha value is -1.77. The van der Waals surface area contributed by atoms with Crippen molar-refractivity contribution >= 4 is 33.0 Å². The molecule has 2 aromatic rings. The zero-order valence-electron chi connectivity index (χ0n) is 11.7. The van der Waals surface area contributed by atoms with Crippen molar-refractivity contribution in [1.82, 2.24) is 9.29 Å². The van der Waals surface area contributed by atoms with E-state index in [1.165, 1.54) is 4.31 Å². The zero-order chi connectivity index (χ0) is 15.6. The number of pyridine rings is 1. The molecule has 0 aliphatic carbocycles. The van der Waals surface area contributed by atoms with Crippen molar-refractivity contribution in [2.75, 3.05) is 11.9 Å². The van der Waals surface area contributed by atoms with E-state index < -0.39 is 16.1 Å². The average molecular weight is 337 g/mol. The lowest BCUT2D eigenvalue weighted by atomic mass is 10.2. The Bertz CT molecular complexity index is 745. The van der Waals surface area contributed by atoms with Gasteiger partial charge in [-0.3, -0.25) is 9.78 Å². The molecular weight excluding hydrogens is 322 g/mol. The predicted molar refractivity (Wildman–Crippen MR) is 84.1 cm³/mol. The van der Waals surface area contributed by atoms with E-state index >= 15 is 0 Å². The Kier molecular flexibility index (Phi) is 4.23. The molecule has 6 nitrogen and oxygen atoms in total. The fourth-order valence-corrected chi connectivity index (χ4v) is 5.25. The van der Waals surface area contributed by atoms with Gasteiger partial charge in [0.05, 0.1) is 0 Å². The molecule has 0 aromatic carbocycles. The molecule has 116 valence electrons. The molecule has 3 heterocycles. The molecule has 22 heavy (non-hydrogen) atoms. The monoisotopic (exact) mass is 337 g/mol. The molecule has 1 N–H and O–H groups in total. The minimum atomic E-state index is -3.60. The van der Waals surface area contributed by atoms with Gasteiger partial charge in [0.25, 0.3) is 10.0 Å². The highest BCUT2D eigenvalue weighted by atomic mass is 32.2. The van der Waals surface area contributed by atoms with Gasteiger partial charge in [-0.25, -0.2) is 8.42 Å². The normalized spacial score (nSPS) is 19.2. The van der Waals surface area contributed by atoms with Gasteiger partial charge in [-0.05, 0) is 36.4 Å². The molecule has 2 aromatic heterocycles. The Labute approximate surface area is 132 Å². The van der Waals surface area contributed by atoms with Crippen LogP contribution in [0.15, 0.2) is 46.2 Å². The molecule has 8 heteroatoms. The third-order valence-electron chi connectivity index (χ3n) is 3.51. The summed E-state index contributed by atoms with van der Waals surface area (Å²) in [6, 6.07) is 5.94. The van der Waals surface area contributed by atoms with Crippen LogP contribution in [-0.4, -0.2) is 36.2 Å². The summed E-state index contributed by atoms with van der Waals surface area (Å²) in [7, 11) is -3.60. The number of sulfonamides is 1. The van der Waals surface area contributed by atoms with Crippen LogP contribution in [-0.2, 0) is 14.8 Å². The van der Waals surface area contributed by atoms with E-state index in [0.717, 1.165) is 11.3 Å². The van der Waals surface area contributed by atoms with Crippen LogP contribution in [0.25, 0.3) is 0 Å². The first-order chi connectivity index (χ1) is 10.6. The molecule has 1 saturated heterocycles. The van der Waals surface area contributed by atoms with Crippen LogP contribution in [0.1, 0.15) is 12.8 Å². The minimum absolute atomic E-state index is 0.274. The number of nitrogens with zero attached hydrogens (tertiary/aromatic N) is 2. The van der Waals surface area contributed by atoms with Gasteiger partial charge < -0.3 is 5.32 Å². The Balaban J connectivity index is 1.80. The van der Waals surface area contributed by atoms with Crippen molar-refractivity contribution < 1.29 is 13.2 Å². The Morgan fingerprint density at radius 1 is 1.32 bits per heavy atom. The smallest absolute Gasteiger partial charge is 0.253 e. The Morgan fingerprint density at radius 3 is 2.77 bits per heavy atom. The number of thiophene rings is 1. The van der Waals surface area contributed by atoms with Crippen molar-refractivity contribution in [1.29, 1.82) is 0 Å². The first-order valence-electron chi connectivity index (χ1n) is 6.85. The fraction of sp³-hybridized carbons (Fsp3) is 0.286. The maximum Gasteiger partial charge on any atom is 0.253 e. The third-order valence-corrected chi connectivity index (χ3v) is 6.79. The highest BCUT2D eigenvalue weighted by Crippen LogP contribution is 2.29. The van der Waals surface area contributed by atoms with E-state index in [1.54, 1.807) is 42.0 Å². The van der Waals surface area contributed by atoms with Crippen LogP contribution in [0.3, 0.4) is 0 Å². The molecule has 0 radical (unpaired) electrons. The van der Waals surface area contributed by atoms with Crippen LogP contribution >= 0.6 is 11.3 Å². The van der Waals surface area contributed by atoms with Crippen LogP contribution < -0.4 is 5.32 Å². The van der Waals surface area contributed by atoms with Crippen molar-refractivity contribution in [2.24, 2.45) is 0 Å². The molecule has 1 aliphatic heterocycles. The van der Waals surface area contributed by atoms with E-state index in [2.05, 4.69) is 10.3 Å². The summed E-state index contributed by atoms with van der Waals surface area (Å²) >= 11 is 1.16. The lowest BCUT2D eigenvalue weighted by Crippen LogP contribution is -2.42. The Morgan fingerprint density at radius 2 is 2.09 bits per heavy atom. The summed E-state index contributed by atoms with van der Waals surface area (Å²) in [5.41, 5.74) is 0.611. The van der Waals surface area contributed by atoms with Gasteiger partial charge in [-0.1, -0.05) is 6.07 Å². The van der Waals surface area contributed by atoms with Crippen molar-refractivity contribution in [3.05, 3.63) is 42.0 Å². The molecule has 0 unspecified atom stereocenters. The number of aromatic nitrogens is 1. The van der Waals surface area contributed by atoms with E-state index in [4.69, 9.17) is 0 Å². The van der Waals surface area contributed by atoms with E-state index in [-0.39, 0.29) is 10.1 Å². The number of carbonyl (C=O) groups excluding carboxylic acids is 1. The maximum absolute atomic E-state index is 12.6. The summed E-state index contributed by atoms with van der Waals surface area (Å²) in [5, 5.41) is 4.47. The first kappa shape index (κ1) is 15.1. The number of hydrogen-bond acceptors (Lipinski definition) is 5. The summed E-state index contributed by atoms with van der Waals surface area (Å²) in [4.78, 5) is 16.3. The third kappa shape index (κ3) is 2.90. The van der Waals surface area contributed by atoms with Crippen LogP contribution in [0.4, 0.5) is 5.69 Å². The lowest BCUT2D eigenvalue weighted by molar-refractivity contribution is -0.119. The summed E-state index contributed by atoms with van der Waals surface area (Å²) in [6.45, 7) is 0.370. The summed E-state index contributed by atoms with van der Waals surface area (Å²) in [6.07, 6.45) is 4.36. The minimum Gasteiger partial charge on any atom is -0.325 e. The van der Waals surface area contributed by atoms with E-state index in [0.29, 0.717) is 25.1 Å². The molecule has 1 aliphatic rings. The van der Waals surface area contributed by atoms with Crippen LogP contribution in [0.2, 0.25) is 0 Å². The standard InChI is InChI=1S/C14H15N3O3S2/c18-14(16-11-5-7-15-8-6-11)12-3-1-9-17(12)22(19,20)13-4-2-10-21-13/h2,4-8,10,12H,1,3,9H2,(H,15,16,18)/t12-/m0/s1. The first-order valence-corrected chi connectivity index (χ1v) is 9.17. The van der Waals surface area contributed by atoms with Crippen molar-refractivity contribution in [2.45, 2.75) is 23.1 Å². The van der Waals surface area contributed by atoms with Gasteiger partial charge >= 0.3 is 0 Å². The number of nitrogens with one attached hydrogen (secondary N) is 1. The maximum atomic E-state index is 12.6. The number of amides is 1. The zero-order valence-corrected chi connectivity index (χ0v) is 13.3. The second-order valence-corrected chi connectivity index (χ2v) is 8.00. The quantitative estimate of drug-likeness (QED) is 0.924. The summed E-state index contributed by atoms with van der Waals surface area (Å²) in [5.74, 6) is -0.302. The van der Waals surface area contributed by atoms with E-state index in [1.807, 2.05) is 0 Å². The highest BCUT2D eigenvalue weighted by Gasteiger charge is 2.39. The van der Waals surface area contributed by atoms with Crippen molar-refractivity contribution in [3.63, 3.8) is 0 Å². The second kappa shape index (κ2) is 6.15. The fourth-order valence-electron chi connectivity index (χ4n) is 2.48. The number of hydrogen-bond donors (Lipinski definition) is 1. The lowest BCUT2D eigenvalue weighted by Gasteiger charge is -2.22. The van der Waals surface area contributed by atoms with Crippen LogP contribution in [0, 0.1) is 0 Å². The largest absolute Gasteiger partial charge is 0.325 e. The molecule has 1 amide bonds. The molecule has 0 saturated carbocycles. The molecule has 1 atom stereocenters. The molecular formula is C14H15N3O3S2.